The van der Waals surface area contributed by atoms with Crippen molar-refractivity contribution in [2.75, 3.05) is 26.0 Å². The van der Waals surface area contributed by atoms with Crippen LogP contribution < -0.4 is 5.32 Å². The fourth-order valence-corrected chi connectivity index (χ4v) is 2.90. The summed E-state index contributed by atoms with van der Waals surface area (Å²) in [6.07, 6.45) is 1.36. The largest absolute Gasteiger partial charge is 0.455 e. The number of aryl methyl sites for hydroxylation is 2. The highest BCUT2D eigenvalue weighted by molar-refractivity contribution is 5.96. The lowest BCUT2D eigenvalue weighted by molar-refractivity contribution is -0.146. The molecule has 0 aliphatic carbocycles. The van der Waals surface area contributed by atoms with Crippen molar-refractivity contribution in [1.29, 1.82) is 0 Å². The third-order valence-corrected chi connectivity index (χ3v) is 4.50. The van der Waals surface area contributed by atoms with E-state index in [9.17, 15) is 14.4 Å². The summed E-state index contributed by atoms with van der Waals surface area (Å²) < 4.78 is 6.64. The molecule has 2 amide bonds. The number of fused-ring (bicyclic) bond motifs is 1. The second-order valence-corrected chi connectivity index (χ2v) is 6.90. The molecule has 0 radical (unpaired) electrons. The number of benzene rings is 1. The normalized spacial score (nSPS) is 10.7. The predicted molar refractivity (Wildman–Crippen MR) is 108 cm³/mol. The molecule has 30 heavy (non-hydrogen) atoms. The molecule has 1 N–H and O–H groups in total. The summed E-state index contributed by atoms with van der Waals surface area (Å²) in [5, 5.41) is 6.70. The number of anilines is 1. The summed E-state index contributed by atoms with van der Waals surface area (Å²) in [6.45, 7) is 3.17. The van der Waals surface area contributed by atoms with E-state index < -0.39 is 18.5 Å². The molecule has 0 spiro atoms. The van der Waals surface area contributed by atoms with Gasteiger partial charge in [0, 0.05) is 42.3 Å². The number of nitrogens with zero attached hydrogens (tertiary/aromatic N) is 5. The first kappa shape index (κ1) is 20.9. The van der Waals surface area contributed by atoms with Crippen molar-refractivity contribution in [3.63, 3.8) is 0 Å². The zero-order chi connectivity index (χ0) is 21.8. The highest BCUT2D eigenvalue weighted by Crippen LogP contribution is 2.14. The number of ether oxygens (including phenoxy) is 1. The van der Waals surface area contributed by atoms with E-state index in [4.69, 9.17) is 4.74 Å². The lowest BCUT2D eigenvalue weighted by Crippen LogP contribution is -2.23. The Morgan fingerprint density at radius 1 is 1.13 bits per heavy atom. The molecule has 0 atom stereocenters. The summed E-state index contributed by atoms with van der Waals surface area (Å²) in [4.78, 5) is 46.0. The number of esters is 1. The summed E-state index contributed by atoms with van der Waals surface area (Å²) in [5.74, 6) is -0.705. The van der Waals surface area contributed by atoms with Gasteiger partial charge < -0.3 is 15.0 Å². The molecule has 10 nitrogen and oxygen atoms in total. The van der Waals surface area contributed by atoms with E-state index in [1.54, 1.807) is 49.8 Å². The molecule has 156 valence electrons. The summed E-state index contributed by atoms with van der Waals surface area (Å²) >= 11 is 0. The third-order valence-electron chi connectivity index (χ3n) is 4.50. The van der Waals surface area contributed by atoms with E-state index in [0.717, 1.165) is 5.69 Å². The minimum Gasteiger partial charge on any atom is -0.455 e. The van der Waals surface area contributed by atoms with E-state index in [-0.39, 0.29) is 12.3 Å². The fraction of sp³-hybridized carbons (Fsp3) is 0.300. The number of hydrogen-bond donors (Lipinski definition) is 1. The van der Waals surface area contributed by atoms with E-state index in [0.29, 0.717) is 28.3 Å². The first-order chi connectivity index (χ1) is 14.3. The van der Waals surface area contributed by atoms with Crippen molar-refractivity contribution in [2.45, 2.75) is 20.3 Å². The highest BCUT2D eigenvalue weighted by atomic mass is 16.5. The Kier molecular flexibility index (Phi) is 6.05. The van der Waals surface area contributed by atoms with Crippen molar-refractivity contribution in [3.8, 4) is 0 Å². The number of hydrogen-bond acceptors (Lipinski definition) is 7. The Balaban J connectivity index is 1.55. The van der Waals surface area contributed by atoms with Crippen LogP contribution in [0.1, 0.15) is 27.3 Å². The second-order valence-electron chi connectivity index (χ2n) is 6.90. The van der Waals surface area contributed by atoms with Crippen LogP contribution in [-0.4, -0.2) is 63.0 Å². The monoisotopic (exact) mass is 410 g/mol. The van der Waals surface area contributed by atoms with Crippen LogP contribution in [0.3, 0.4) is 0 Å². The molecule has 1 aromatic carbocycles. The average Bonchev–Trinajstić information content (AvgIpc) is 3.18. The van der Waals surface area contributed by atoms with Gasteiger partial charge in [-0.2, -0.15) is 10.1 Å². The molecule has 3 rings (SSSR count). The van der Waals surface area contributed by atoms with Gasteiger partial charge in [-0.15, -0.1) is 0 Å². The molecule has 0 bridgehead atoms. The van der Waals surface area contributed by atoms with Crippen LogP contribution in [0.15, 0.2) is 30.6 Å². The predicted octanol–water partition coefficient (Wildman–Crippen LogP) is 1.17. The minimum absolute atomic E-state index is 0.0326. The molecule has 0 saturated heterocycles. The summed E-state index contributed by atoms with van der Waals surface area (Å²) in [5.41, 5.74) is 3.08. The van der Waals surface area contributed by atoms with Crippen LogP contribution in [0.4, 0.5) is 5.69 Å². The zero-order valence-corrected chi connectivity index (χ0v) is 17.2. The highest BCUT2D eigenvalue weighted by Gasteiger charge is 2.16. The maximum atomic E-state index is 12.2. The Labute approximate surface area is 172 Å². The SMILES string of the molecule is Cc1nc2ncnn2c(C)c1CC(=O)OCC(=O)Nc1ccc(C(=O)N(C)C)cc1. The van der Waals surface area contributed by atoms with Crippen LogP contribution in [0, 0.1) is 13.8 Å². The molecule has 0 fully saturated rings. The van der Waals surface area contributed by atoms with Crippen molar-refractivity contribution >= 4 is 29.2 Å². The Morgan fingerprint density at radius 3 is 2.50 bits per heavy atom. The molecule has 10 heteroatoms. The Hall–Kier alpha value is -3.82. The lowest BCUT2D eigenvalue weighted by Gasteiger charge is -2.11. The van der Waals surface area contributed by atoms with Crippen LogP contribution in [-0.2, 0) is 20.7 Å². The van der Waals surface area contributed by atoms with Gasteiger partial charge in [-0.05, 0) is 38.1 Å². The number of nitrogens with one attached hydrogen (secondary N) is 1. The summed E-state index contributed by atoms with van der Waals surface area (Å²) in [6, 6.07) is 6.45. The maximum Gasteiger partial charge on any atom is 0.310 e. The van der Waals surface area contributed by atoms with E-state index >= 15 is 0 Å². The summed E-state index contributed by atoms with van der Waals surface area (Å²) in [7, 11) is 3.32. The van der Waals surface area contributed by atoms with Gasteiger partial charge in [0.05, 0.1) is 6.42 Å². The van der Waals surface area contributed by atoms with Gasteiger partial charge in [-0.1, -0.05) is 0 Å². The zero-order valence-electron chi connectivity index (χ0n) is 17.2. The molecule has 0 aliphatic heterocycles. The molecule has 2 aromatic heterocycles. The van der Waals surface area contributed by atoms with Crippen LogP contribution >= 0.6 is 0 Å². The smallest absolute Gasteiger partial charge is 0.310 e. The molecule has 0 saturated carbocycles. The van der Waals surface area contributed by atoms with Crippen LogP contribution in [0.25, 0.3) is 5.78 Å². The number of carbonyl (C=O) groups excluding carboxylic acids is 3. The van der Waals surface area contributed by atoms with Crippen LogP contribution in [0.2, 0.25) is 0 Å². The second kappa shape index (κ2) is 8.68. The van der Waals surface area contributed by atoms with Gasteiger partial charge in [-0.25, -0.2) is 9.50 Å². The molecule has 2 heterocycles. The van der Waals surface area contributed by atoms with Crippen molar-refractivity contribution < 1.29 is 19.1 Å². The third kappa shape index (κ3) is 4.59. The van der Waals surface area contributed by atoms with E-state index in [1.165, 1.54) is 11.2 Å². The van der Waals surface area contributed by atoms with Crippen molar-refractivity contribution in [3.05, 3.63) is 53.1 Å². The topological polar surface area (TPSA) is 119 Å². The molecule has 3 aromatic rings. The number of amides is 2. The molecule has 0 aliphatic rings. The minimum atomic E-state index is -0.551. The number of aromatic nitrogens is 4. The van der Waals surface area contributed by atoms with Crippen molar-refractivity contribution in [1.82, 2.24) is 24.5 Å². The van der Waals surface area contributed by atoms with Gasteiger partial charge in [-0.3, -0.25) is 14.4 Å². The first-order valence-corrected chi connectivity index (χ1v) is 9.19. The average molecular weight is 410 g/mol. The molecular formula is C20H22N6O4. The first-order valence-electron chi connectivity index (χ1n) is 9.19. The van der Waals surface area contributed by atoms with E-state index in [1.807, 2.05) is 6.92 Å². The van der Waals surface area contributed by atoms with Gasteiger partial charge in [0.15, 0.2) is 6.61 Å². The van der Waals surface area contributed by atoms with E-state index in [2.05, 4.69) is 20.4 Å². The molecular weight excluding hydrogens is 388 g/mol. The Morgan fingerprint density at radius 2 is 1.83 bits per heavy atom. The maximum absolute atomic E-state index is 12.2. The van der Waals surface area contributed by atoms with Gasteiger partial charge in [0.25, 0.3) is 17.6 Å². The molecule has 0 unspecified atom stereocenters. The van der Waals surface area contributed by atoms with Crippen LogP contribution in [0.5, 0.6) is 0 Å². The fourth-order valence-electron chi connectivity index (χ4n) is 2.90. The quantitative estimate of drug-likeness (QED) is 0.606. The number of carbonyl (C=O) groups is 3. The van der Waals surface area contributed by atoms with Crippen molar-refractivity contribution in [2.24, 2.45) is 0 Å². The lowest BCUT2D eigenvalue weighted by atomic mass is 10.1. The Bertz CT molecular complexity index is 1100. The van der Waals surface area contributed by atoms with Gasteiger partial charge in [0.1, 0.15) is 6.33 Å². The number of rotatable bonds is 6. The van der Waals surface area contributed by atoms with Gasteiger partial charge >= 0.3 is 5.97 Å². The van der Waals surface area contributed by atoms with Gasteiger partial charge in [0.2, 0.25) is 0 Å². The standard InChI is InChI=1S/C20H22N6O4/c1-12-16(13(2)26-20(23-12)21-11-22-26)9-18(28)30-10-17(27)24-15-7-5-14(6-8-15)19(29)25(3)4/h5-8,11H,9-10H2,1-4H3,(H,24,27).